The van der Waals surface area contributed by atoms with E-state index in [2.05, 4.69) is 16.9 Å². The average molecular weight is 319 g/mol. The molecule has 2 aromatic rings. The molecular formula is C16H18FN3OS. The maximum atomic E-state index is 13.0. The minimum Gasteiger partial charge on any atom is -0.335 e. The van der Waals surface area contributed by atoms with E-state index in [0.29, 0.717) is 4.88 Å². The van der Waals surface area contributed by atoms with Crippen LogP contribution in [0, 0.1) is 12.7 Å². The third kappa shape index (κ3) is 3.03. The maximum absolute atomic E-state index is 13.0. The Labute approximate surface area is 133 Å². The standard InChI is InChI=1S/C16H18FN3OS/c1-11-14(16(21)20-9-7-19(2)8-10-20)22-15(18-11)12-3-5-13(17)6-4-12/h3-6H,7-10H2,1-2H3. The second-order valence-electron chi connectivity index (χ2n) is 5.54. The number of rotatable bonds is 2. The molecule has 1 fully saturated rings. The molecule has 0 unspecified atom stereocenters. The molecule has 116 valence electrons. The van der Waals surface area contributed by atoms with Crippen molar-refractivity contribution in [2.75, 3.05) is 33.2 Å². The van der Waals surface area contributed by atoms with Crippen LogP contribution in [0.5, 0.6) is 0 Å². The van der Waals surface area contributed by atoms with Gasteiger partial charge in [0.15, 0.2) is 0 Å². The number of likely N-dealkylation sites (N-methyl/N-ethyl adjacent to an activating group) is 1. The van der Waals surface area contributed by atoms with Gasteiger partial charge in [-0.05, 0) is 38.2 Å². The number of nitrogens with zero attached hydrogens (tertiary/aromatic N) is 3. The molecule has 0 spiro atoms. The zero-order valence-electron chi connectivity index (χ0n) is 12.7. The summed E-state index contributed by atoms with van der Waals surface area (Å²) in [6.45, 7) is 5.15. The Balaban J connectivity index is 1.83. The highest BCUT2D eigenvalue weighted by Crippen LogP contribution is 2.29. The van der Waals surface area contributed by atoms with Crippen molar-refractivity contribution in [2.24, 2.45) is 0 Å². The van der Waals surface area contributed by atoms with Crippen molar-refractivity contribution in [3.63, 3.8) is 0 Å². The monoisotopic (exact) mass is 319 g/mol. The van der Waals surface area contributed by atoms with Gasteiger partial charge < -0.3 is 9.80 Å². The summed E-state index contributed by atoms with van der Waals surface area (Å²) < 4.78 is 13.0. The normalized spacial score (nSPS) is 16.0. The third-order valence-corrected chi connectivity index (χ3v) is 5.07. The molecule has 0 aliphatic carbocycles. The van der Waals surface area contributed by atoms with Gasteiger partial charge in [-0.1, -0.05) is 0 Å². The summed E-state index contributed by atoms with van der Waals surface area (Å²) in [5.74, 6) is -0.220. The molecule has 0 saturated carbocycles. The lowest BCUT2D eigenvalue weighted by atomic mass is 10.2. The van der Waals surface area contributed by atoms with Gasteiger partial charge in [0.05, 0.1) is 5.69 Å². The van der Waals surface area contributed by atoms with E-state index in [9.17, 15) is 9.18 Å². The van der Waals surface area contributed by atoms with Crippen molar-refractivity contribution in [3.8, 4) is 10.6 Å². The molecule has 0 radical (unpaired) electrons. The van der Waals surface area contributed by atoms with Crippen LogP contribution < -0.4 is 0 Å². The third-order valence-electron chi connectivity index (χ3n) is 3.87. The van der Waals surface area contributed by atoms with Crippen LogP contribution in [-0.2, 0) is 0 Å². The predicted molar refractivity (Wildman–Crippen MR) is 85.6 cm³/mol. The summed E-state index contributed by atoms with van der Waals surface area (Å²) in [5.41, 5.74) is 1.58. The van der Waals surface area contributed by atoms with Crippen LogP contribution in [0.4, 0.5) is 4.39 Å². The molecule has 0 N–H and O–H groups in total. The Kier molecular flexibility index (Phi) is 4.22. The molecule has 1 aromatic carbocycles. The second-order valence-corrected chi connectivity index (χ2v) is 6.53. The van der Waals surface area contributed by atoms with Crippen molar-refractivity contribution >= 4 is 17.2 Å². The van der Waals surface area contributed by atoms with E-state index in [0.717, 1.165) is 42.4 Å². The van der Waals surface area contributed by atoms with E-state index >= 15 is 0 Å². The summed E-state index contributed by atoms with van der Waals surface area (Å²) in [6.07, 6.45) is 0. The summed E-state index contributed by atoms with van der Waals surface area (Å²) in [5, 5.41) is 0.759. The topological polar surface area (TPSA) is 36.4 Å². The van der Waals surface area contributed by atoms with Crippen LogP contribution in [0.3, 0.4) is 0 Å². The van der Waals surface area contributed by atoms with E-state index in [-0.39, 0.29) is 11.7 Å². The first-order valence-corrected chi connectivity index (χ1v) is 8.07. The number of halogens is 1. The number of aryl methyl sites for hydroxylation is 1. The Morgan fingerprint density at radius 2 is 1.82 bits per heavy atom. The van der Waals surface area contributed by atoms with Gasteiger partial charge in [0, 0.05) is 31.7 Å². The molecular weight excluding hydrogens is 301 g/mol. The molecule has 1 aromatic heterocycles. The Bertz CT molecular complexity index is 675. The number of carbonyl (C=O) groups excluding carboxylic acids is 1. The molecule has 1 saturated heterocycles. The molecule has 1 aliphatic heterocycles. The molecule has 22 heavy (non-hydrogen) atoms. The quantitative estimate of drug-likeness (QED) is 0.854. The lowest BCUT2D eigenvalue weighted by molar-refractivity contribution is 0.0668. The minimum atomic E-state index is -0.272. The summed E-state index contributed by atoms with van der Waals surface area (Å²) in [4.78, 5) is 21.9. The average Bonchev–Trinajstić information content (AvgIpc) is 2.90. The number of hydrogen-bond acceptors (Lipinski definition) is 4. The SMILES string of the molecule is Cc1nc(-c2ccc(F)cc2)sc1C(=O)N1CCN(C)CC1. The second kappa shape index (κ2) is 6.14. The van der Waals surface area contributed by atoms with Gasteiger partial charge in [-0.25, -0.2) is 9.37 Å². The van der Waals surface area contributed by atoms with E-state index in [4.69, 9.17) is 0 Å². The van der Waals surface area contributed by atoms with E-state index in [1.807, 2.05) is 11.8 Å². The highest BCUT2D eigenvalue weighted by atomic mass is 32.1. The van der Waals surface area contributed by atoms with Gasteiger partial charge >= 0.3 is 0 Å². The van der Waals surface area contributed by atoms with Crippen LogP contribution in [0.2, 0.25) is 0 Å². The number of thiazole rings is 1. The zero-order valence-corrected chi connectivity index (χ0v) is 13.5. The van der Waals surface area contributed by atoms with E-state index < -0.39 is 0 Å². The van der Waals surface area contributed by atoms with Gasteiger partial charge in [-0.3, -0.25) is 4.79 Å². The van der Waals surface area contributed by atoms with Crippen LogP contribution in [0.1, 0.15) is 15.4 Å². The molecule has 3 rings (SSSR count). The van der Waals surface area contributed by atoms with Crippen LogP contribution in [0.15, 0.2) is 24.3 Å². The smallest absolute Gasteiger partial charge is 0.265 e. The highest BCUT2D eigenvalue weighted by molar-refractivity contribution is 7.17. The molecule has 6 heteroatoms. The van der Waals surface area contributed by atoms with Crippen LogP contribution in [0.25, 0.3) is 10.6 Å². The van der Waals surface area contributed by atoms with Gasteiger partial charge in [-0.2, -0.15) is 0 Å². The molecule has 2 heterocycles. The van der Waals surface area contributed by atoms with Crippen molar-refractivity contribution in [1.29, 1.82) is 0 Å². The fourth-order valence-corrected chi connectivity index (χ4v) is 3.50. The van der Waals surface area contributed by atoms with Crippen molar-refractivity contribution < 1.29 is 9.18 Å². The summed E-state index contributed by atoms with van der Waals surface area (Å²) in [6, 6.07) is 6.21. The molecule has 1 amide bonds. The molecule has 1 aliphatic rings. The number of aromatic nitrogens is 1. The first-order valence-electron chi connectivity index (χ1n) is 7.26. The Morgan fingerprint density at radius 3 is 2.45 bits per heavy atom. The molecule has 4 nitrogen and oxygen atoms in total. The van der Waals surface area contributed by atoms with Crippen molar-refractivity contribution in [1.82, 2.24) is 14.8 Å². The first-order chi connectivity index (χ1) is 10.5. The molecule has 0 bridgehead atoms. The van der Waals surface area contributed by atoms with Crippen molar-refractivity contribution in [2.45, 2.75) is 6.92 Å². The lowest BCUT2D eigenvalue weighted by Gasteiger charge is -2.32. The predicted octanol–water partition coefficient (Wildman–Crippen LogP) is 2.65. The molecule has 0 atom stereocenters. The fourth-order valence-electron chi connectivity index (χ4n) is 2.46. The Morgan fingerprint density at radius 1 is 1.18 bits per heavy atom. The largest absolute Gasteiger partial charge is 0.335 e. The minimum absolute atomic E-state index is 0.0523. The zero-order chi connectivity index (χ0) is 15.7. The van der Waals surface area contributed by atoms with Gasteiger partial charge in [-0.15, -0.1) is 11.3 Å². The summed E-state index contributed by atoms with van der Waals surface area (Å²) in [7, 11) is 2.06. The van der Waals surface area contributed by atoms with Gasteiger partial charge in [0.25, 0.3) is 5.91 Å². The van der Waals surface area contributed by atoms with E-state index in [1.165, 1.54) is 23.5 Å². The van der Waals surface area contributed by atoms with Crippen molar-refractivity contribution in [3.05, 3.63) is 40.7 Å². The number of benzene rings is 1. The number of amides is 1. The summed E-state index contributed by atoms with van der Waals surface area (Å²) >= 11 is 1.38. The fraction of sp³-hybridized carbons (Fsp3) is 0.375. The number of piperazine rings is 1. The Hall–Kier alpha value is -1.79. The maximum Gasteiger partial charge on any atom is 0.265 e. The lowest BCUT2D eigenvalue weighted by Crippen LogP contribution is -2.47. The first kappa shape index (κ1) is 15.1. The number of carbonyl (C=O) groups is 1. The highest BCUT2D eigenvalue weighted by Gasteiger charge is 2.24. The van der Waals surface area contributed by atoms with Crippen LogP contribution in [-0.4, -0.2) is 53.9 Å². The van der Waals surface area contributed by atoms with Crippen LogP contribution >= 0.6 is 11.3 Å². The van der Waals surface area contributed by atoms with Gasteiger partial charge in [0.1, 0.15) is 15.7 Å². The van der Waals surface area contributed by atoms with Gasteiger partial charge in [0.2, 0.25) is 0 Å². The van der Waals surface area contributed by atoms with E-state index in [1.54, 1.807) is 12.1 Å². The number of hydrogen-bond donors (Lipinski definition) is 0.